The fraction of sp³-hybridized carbons (Fsp3) is 0.143. The van der Waals surface area contributed by atoms with Crippen molar-refractivity contribution >= 4 is 17.3 Å². The molecule has 5 nitrogen and oxygen atoms in total. The van der Waals surface area contributed by atoms with Crippen molar-refractivity contribution in [1.82, 2.24) is 0 Å². The monoisotopic (exact) mass is 311 g/mol. The Labute approximate surface area is 124 Å². The fourth-order valence-corrected chi connectivity index (χ4v) is 2.07. The molecule has 110 valence electrons. The topological polar surface area (TPSA) is 72.6 Å². The summed E-state index contributed by atoms with van der Waals surface area (Å²) in [7, 11) is 0. The quantitative estimate of drug-likeness (QED) is 0.677. The van der Waals surface area contributed by atoms with Crippen molar-refractivity contribution in [3.63, 3.8) is 0 Å². The van der Waals surface area contributed by atoms with E-state index in [4.69, 9.17) is 16.3 Å². The van der Waals surface area contributed by atoms with E-state index in [9.17, 15) is 19.6 Å². The van der Waals surface area contributed by atoms with E-state index < -0.39 is 22.5 Å². The maximum absolute atomic E-state index is 13.5. The third kappa shape index (κ3) is 3.48. The summed E-state index contributed by atoms with van der Waals surface area (Å²) >= 11 is 5.99. The van der Waals surface area contributed by atoms with Gasteiger partial charge >= 0.3 is 5.69 Å². The zero-order valence-corrected chi connectivity index (χ0v) is 11.7. The Bertz CT molecular complexity index is 691. The first-order valence-electron chi connectivity index (χ1n) is 5.98. The molecule has 1 unspecified atom stereocenters. The molecule has 0 saturated carbocycles. The molecule has 0 fully saturated rings. The predicted molar refractivity (Wildman–Crippen MR) is 75.2 cm³/mol. The molecular formula is C14H11ClFNO4. The predicted octanol–water partition coefficient (Wildman–Crippen LogP) is 4.23. The summed E-state index contributed by atoms with van der Waals surface area (Å²) < 4.78 is 18.9. The molecule has 0 aromatic heterocycles. The Balaban J connectivity index is 2.24. The van der Waals surface area contributed by atoms with Crippen molar-refractivity contribution in [1.29, 1.82) is 0 Å². The van der Waals surface area contributed by atoms with Crippen LogP contribution >= 0.6 is 11.6 Å². The lowest BCUT2D eigenvalue weighted by Gasteiger charge is -2.10. The number of aliphatic hydroxyl groups is 1. The second-order valence-corrected chi connectivity index (χ2v) is 4.74. The number of halogens is 2. The van der Waals surface area contributed by atoms with Crippen LogP contribution in [0.5, 0.6) is 11.5 Å². The zero-order valence-electron chi connectivity index (χ0n) is 10.9. The van der Waals surface area contributed by atoms with Gasteiger partial charge in [-0.3, -0.25) is 10.1 Å². The molecule has 0 bridgehead atoms. The average Bonchev–Trinajstić information content (AvgIpc) is 2.37. The first kappa shape index (κ1) is 15.2. The van der Waals surface area contributed by atoms with E-state index in [1.807, 2.05) is 0 Å². The van der Waals surface area contributed by atoms with Gasteiger partial charge in [-0.15, -0.1) is 0 Å². The van der Waals surface area contributed by atoms with Crippen molar-refractivity contribution < 1.29 is 19.2 Å². The van der Waals surface area contributed by atoms with Crippen LogP contribution in [0.3, 0.4) is 0 Å². The Kier molecular flexibility index (Phi) is 4.40. The van der Waals surface area contributed by atoms with Crippen molar-refractivity contribution in [2.75, 3.05) is 0 Å². The largest absolute Gasteiger partial charge is 0.457 e. The van der Waals surface area contributed by atoms with Crippen molar-refractivity contribution in [2.24, 2.45) is 0 Å². The van der Waals surface area contributed by atoms with Gasteiger partial charge in [-0.1, -0.05) is 17.7 Å². The van der Waals surface area contributed by atoms with Gasteiger partial charge < -0.3 is 9.84 Å². The molecule has 1 atom stereocenters. The summed E-state index contributed by atoms with van der Waals surface area (Å²) in [6, 6.07) is 7.86. The molecule has 2 aromatic carbocycles. The van der Waals surface area contributed by atoms with Crippen LogP contribution in [0.15, 0.2) is 36.4 Å². The Hall–Kier alpha value is -2.18. The van der Waals surface area contributed by atoms with Gasteiger partial charge in [0.15, 0.2) is 0 Å². The van der Waals surface area contributed by atoms with Crippen LogP contribution in [-0.2, 0) is 0 Å². The highest BCUT2D eigenvalue weighted by Crippen LogP contribution is 2.31. The average molecular weight is 312 g/mol. The SMILES string of the molecule is CC(O)c1ccc(Oc2ccc([N+](=O)[O-])c(F)c2)cc1Cl. The van der Waals surface area contributed by atoms with E-state index in [0.29, 0.717) is 16.3 Å². The van der Waals surface area contributed by atoms with Gasteiger partial charge in [0.05, 0.1) is 16.0 Å². The molecule has 0 spiro atoms. The summed E-state index contributed by atoms with van der Waals surface area (Å²) in [6.07, 6.45) is -0.719. The molecule has 7 heteroatoms. The number of benzene rings is 2. The molecule has 0 aliphatic rings. The van der Waals surface area contributed by atoms with Gasteiger partial charge in [-0.25, -0.2) is 0 Å². The molecule has 0 aliphatic heterocycles. The van der Waals surface area contributed by atoms with E-state index in [-0.39, 0.29) is 5.75 Å². The van der Waals surface area contributed by atoms with Crippen LogP contribution in [0.2, 0.25) is 5.02 Å². The molecule has 0 saturated heterocycles. The zero-order chi connectivity index (χ0) is 15.6. The Morgan fingerprint density at radius 3 is 2.43 bits per heavy atom. The Morgan fingerprint density at radius 2 is 1.90 bits per heavy atom. The lowest BCUT2D eigenvalue weighted by Crippen LogP contribution is -1.94. The summed E-state index contributed by atoms with van der Waals surface area (Å²) in [6.45, 7) is 1.58. The highest BCUT2D eigenvalue weighted by atomic mass is 35.5. The highest BCUT2D eigenvalue weighted by molar-refractivity contribution is 6.31. The van der Waals surface area contributed by atoms with Gasteiger partial charge in [-0.05, 0) is 30.7 Å². The number of hydrogen-bond donors (Lipinski definition) is 1. The van der Waals surface area contributed by atoms with Gasteiger partial charge in [0.1, 0.15) is 11.5 Å². The maximum Gasteiger partial charge on any atom is 0.305 e. The first-order valence-corrected chi connectivity index (χ1v) is 6.35. The minimum atomic E-state index is -0.982. The minimum Gasteiger partial charge on any atom is -0.457 e. The molecule has 0 heterocycles. The van der Waals surface area contributed by atoms with Crippen LogP contribution in [0.25, 0.3) is 0 Å². The van der Waals surface area contributed by atoms with Crippen LogP contribution in [0.4, 0.5) is 10.1 Å². The lowest BCUT2D eigenvalue weighted by molar-refractivity contribution is -0.387. The molecule has 2 aromatic rings. The van der Waals surface area contributed by atoms with Crippen LogP contribution < -0.4 is 4.74 Å². The van der Waals surface area contributed by atoms with Gasteiger partial charge in [0.2, 0.25) is 5.82 Å². The number of hydrogen-bond acceptors (Lipinski definition) is 4. The number of nitro groups is 1. The fourth-order valence-electron chi connectivity index (χ4n) is 1.75. The summed E-state index contributed by atoms with van der Waals surface area (Å²) in [5.74, 6) is -0.541. The van der Waals surface area contributed by atoms with E-state index >= 15 is 0 Å². The van der Waals surface area contributed by atoms with Gasteiger partial charge in [-0.2, -0.15) is 4.39 Å². The van der Waals surface area contributed by atoms with E-state index in [2.05, 4.69) is 0 Å². The second kappa shape index (κ2) is 6.07. The maximum atomic E-state index is 13.5. The summed E-state index contributed by atoms with van der Waals surface area (Å²) in [4.78, 5) is 9.71. The van der Waals surface area contributed by atoms with E-state index in [1.165, 1.54) is 12.1 Å². The van der Waals surface area contributed by atoms with E-state index in [1.54, 1.807) is 19.1 Å². The molecule has 0 radical (unpaired) electrons. The normalized spacial score (nSPS) is 12.0. The summed E-state index contributed by atoms with van der Waals surface area (Å²) in [5, 5.41) is 20.3. The Morgan fingerprint density at radius 1 is 1.29 bits per heavy atom. The number of aliphatic hydroxyl groups excluding tert-OH is 1. The van der Waals surface area contributed by atoms with Crippen LogP contribution in [0.1, 0.15) is 18.6 Å². The van der Waals surface area contributed by atoms with Crippen LogP contribution in [0, 0.1) is 15.9 Å². The molecule has 1 N–H and O–H groups in total. The molecule has 21 heavy (non-hydrogen) atoms. The molecule has 0 aliphatic carbocycles. The second-order valence-electron chi connectivity index (χ2n) is 4.33. The highest BCUT2D eigenvalue weighted by Gasteiger charge is 2.15. The van der Waals surface area contributed by atoms with Gasteiger partial charge in [0.25, 0.3) is 0 Å². The molecule has 2 rings (SSSR count). The number of nitro benzene ring substituents is 1. The molecule has 0 amide bonds. The number of ether oxygens (including phenoxy) is 1. The third-order valence-corrected chi connectivity index (χ3v) is 3.10. The van der Waals surface area contributed by atoms with Gasteiger partial charge in [0, 0.05) is 12.1 Å². The number of nitrogens with zero attached hydrogens (tertiary/aromatic N) is 1. The first-order chi connectivity index (χ1) is 9.88. The van der Waals surface area contributed by atoms with Crippen LogP contribution in [-0.4, -0.2) is 10.0 Å². The smallest absolute Gasteiger partial charge is 0.305 e. The summed E-state index contributed by atoms with van der Waals surface area (Å²) in [5.41, 5.74) is -0.0799. The third-order valence-electron chi connectivity index (χ3n) is 2.77. The number of rotatable bonds is 4. The van der Waals surface area contributed by atoms with Crippen molar-refractivity contribution in [3.8, 4) is 11.5 Å². The van der Waals surface area contributed by atoms with E-state index in [0.717, 1.165) is 12.1 Å². The molecular weight excluding hydrogens is 301 g/mol. The lowest BCUT2D eigenvalue weighted by atomic mass is 10.1. The van der Waals surface area contributed by atoms with Crippen molar-refractivity contribution in [2.45, 2.75) is 13.0 Å². The minimum absolute atomic E-state index is 0.110. The standard InChI is InChI=1S/C14H11ClFNO4/c1-8(18)11-4-2-9(6-12(11)15)21-10-3-5-14(17(19)20)13(16)7-10/h2-8,18H,1H3. The van der Waals surface area contributed by atoms with Crippen molar-refractivity contribution in [3.05, 3.63) is 62.9 Å².